The summed E-state index contributed by atoms with van der Waals surface area (Å²) in [7, 11) is -1.62. The van der Waals surface area contributed by atoms with Crippen LogP contribution >= 0.6 is 0 Å². The molecule has 0 aliphatic carbocycles. The molecule has 0 aliphatic heterocycles. The van der Waals surface area contributed by atoms with E-state index < -0.39 is 10.0 Å². The molecule has 0 aromatic heterocycles. The Balaban J connectivity index is 2.11. The molecule has 2 rings (SSSR count). The molecule has 112 valence electrons. The van der Waals surface area contributed by atoms with Crippen molar-refractivity contribution in [3.8, 4) is 0 Å². The lowest BCUT2D eigenvalue weighted by molar-refractivity contribution is 0.601. The summed E-state index contributed by atoms with van der Waals surface area (Å²) in [6.07, 6.45) is 0.918. The fraction of sp³-hybridized carbons (Fsp3) is 0.250. The predicted molar refractivity (Wildman–Crippen MR) is 86.1 cm³/mol. The third kappa shape index (κ3) is 4.31. The molecule has 0 radical (unpaired) electrons. The molecule has 0 aliphatic rings. The van der Waals surface area contributed by atoms with Crippen molar-refractivity contribution in [2.45, 2.75) is 18.2 Å². The van der Waals surface area contributed by atoms with Gasteiger partial charge in [-0.05, 0) is 56.8 Å². The second-order valence-corrected chi connectivity index (χ2v) is 6.65. The second kappa shape index (κ2) is 6.74. The van der Waals surface area contributed by atoms with Gasteiger partial charge in [0.05, 0.1) is 4.90 Å². The number of likely N-dealkylation sites (N-methyl/N-ethyl adjacent to an activating group) is 1. The van der Waals surface area contributed by atoms with Crippen molar-refractivity contribution in [3.05, 3.63) is 59.7 Å². The van der Waals surface area contributed by atoms with E-state index in [0.717, 1.165) is 18.5 Å². The van der Waals surface area contributed by atoms with E-state index in [-0.39, 0.29) is 4.90 Å². The predicted octanol–water partition coefficient (Wildman–Crippen LogP) is 2.56. The third-order valence-electron chi connectivity index (χ3n) is 3.20. The molecule has 2 aromatic rings. The van der Waals surface area contributed by atoms with Gasteiger partial charge >= 0.3 is 0 Å². The first-order chi connectivity index (χ1) is 10.0. The summed E-state index contributed by atoms with van der Waals surface area (Å²) in [5.74, 6) is 0. The van der Waals surface area contributed by atoms with Gasteiger partial charge < -0.3 is 5.32 Å². The minimum absolute atomic E-state index is 0.271. The van der Waals surface area contributed by atoms with Crippen molar-refractivity contribution in [1.82, 2.24) is 5.32 Å². The zero-order chi connectivity index (χ0) is 15.3. The summed E-state index contributed by atoms with van der Waals surface area (Å²) in [4.78, 5) is 0.271. The maximum atomic E-state index is 12.2. The largest absolute Gasteiger partial charge is 0.319 e. The lowest BCUT2D eigenvalue weighted by Crippen LogP contribution is -2.13. The molecule has 0 heterocycles. The van der Waals surface area contributed by atoms with Crippen molar-refractivity contribution in [1.29, 1.82) is 0 Å². The van der Waals surface area contributed by atoms with Crippen LogP contribution in [-0.4, -0.2) is 22.0 Å². The van der Waals surface area contributed by atoms with E-state index in [9.17, 15) is 8.42 Å². The average Bonchev–Trinajstić information content (AvgIpc) is 2.47. The number of benzene rings is 2. The molecule has 0 amide bonds. The minimum atomic E-state index is -3.52. The van der Waals surface area contributed by atoms with Gasteiger partial charge in [-0.1, -0.05) is 29.8 Å². The monoisotopic (exact) mass is 304 g/mol. The number of hydrogen-bond donors (Lipinski definition) is 2. The molecular formula is C16H20N2O2S. The number of aryl methyl sites for hydroxylation is 1. The number of rotatable bonds is 6. The van der Waals surface area contributed by atoms with Crippen LogP contribution in [0.2, 0.25) is 0 Å². The molecule has 21 heavy (non-hydrogen) atoms. The van der Waals surface area contributed by atoms with E-state index >= 15 is 0 Å². The quantitative estimate of drug-likeness (QED) is 0.862. The topological polar surface area (TPSA) is 58.2 Å². The van der Waals surface area contributed by atoms with Crippen LogP contribution in [-0.2, 0) is 16.4 Å². The molecule has 2 N–H and O–H groups in total. The van der Waals surface area contributed by atoms with E-state index in [2.05, 4.69) is 10.0 Å². The molecule has 0 unspecified atom stereocenters. The van der Waals surface area contributed by atoms with Crippen LogP contribution in [0.1, 0.15) is 11.1 Å². The van der Waals surface area contributed by atoms with Gasteiger partial charge in [0.1, 0.15) is 0 Å². The van der Waals surface area contributed by atoms with Gasteiger partial charge in [0.25, 0.3) is 10.0 Å². The fourth-order valence-electron chi connectivity index (χ4n) is 1.94. The highest BCUT2D eigenvalue weighted by Crippen LogP contribution is 2.17. The van der Waals surface area contributed by atoms with Gasteiger partial charge in [0.2, 0.25) is 0 Å². The van der Waals surface area contributed by atoms with Crippen LogP contribution in [0, 0.1) is 6.92 Å². The standard InChI is InChI=1S/C16H20N2O2S/c1-13-3-9-16(10-4-13)21(19,20)18-15-7-5-14(6-8-15)11-12-17-2/h3-10,17-18H,11-12H2,1-2H3. The van der Waals surface area contributed by atoms with Crippen molar-refractivity contribution < 1.29 is 8.42 Å². The van der Waals surface area contributed by atoms with Gasteiger partial charge in [-0.25, -0.2) is 8.42 Å². The first-order valence-electron chi connectivity index (χ1n) is 6.84. The normalized spacial score (nSPS) is 11.3. The minimum Gasteiger partial charge on any atom is -0.319 e. The summed E-state index contributed by atoms with van der Waals surface area (Å²) in [5.41, 5.74) is 2.77. The zero-order valence-electron chi connectivity index (χ0n) is 12.3. The smallest absolute Gasteiger partial charge is 0.261 e. The summed E-state index contributed by atoms with van der Waals surface area (Å²) < 4.78 is 27.1. The van der Waals surface area contributed by atoms with Crippen LogP contribution in [0.3, 0.4) is 0 Å². The van der Waals surface area contributed by atoms with Crippen molar-refractivity contribution in [2.24, 2.45) is 0 Å². The van der Waals surface area contributed by atoms with Gasteiger partial charge in [-0.2, -0.15) is 0 Å². The van der Waals surface area contributed by atoms with Crippen LogP contribution in [0.4, 0.5) is 5.69 Å². The molecule has 0 atom stereocenters. The third-order valence-corrected chi connectivity index (χ3v) is 4.60. The lowest BCUT2D eigenvalue weighted by atomic mass is 10.1. The molecule has 5 heteroatoms. The molecule has 4 nitrogen and oxygen atoms in total. The Hall–Kier alpha value is -1.85. The SMILES string of the molecule is CNCCc1ccc(NS(=O)(=O)c2ccc(C)cc2)cc1. The summed E-state index contributed by atoms with van der Waals surface area (Å²) in [6.45, 7) is 2.82. The highest BCUT2D eigenvalue weighted by atomic mass is 32.2. The molecular weight excluding hydrogens is 284 g/mol. The van der Waals surface area contributed by atoms with E-state index in [1.165, 1.54) is 5.56 Å². The van der Waals surface area contributed by atoms with Crippen LogP contribution in [0.5, 0.6) is 0 Å². The highest BCUT2D eigenvalue weighted by molar-refractivity contribution is 7.92. The Kier molecular flexibility index (Phi) is 4.98. The number of anilines is 1. The molecule has 2 aromatic carbocycles. The summed E-state index contributed by atoms with van der Waals surface area (Å²) in [5, 5.41) is 3.08. The molecule has 0 saturated heterocycles. The van der Waals surface area contributed by atoms with E-state index in [4.69, 9.17) is 0 Å². The van der Waals surface area contributed by atoms with Crippen molar-refractivity contribution in [2.75, 3.05) is 18.3 Å². The van der Waals surface area contributed by atoms with E-state index in [1.807, 2.05) is 26.1 Å². The van der Waals surface area contributed by atoms with E-state index in [0.29, 0.717) is 5.69 Å². The average molecular weight is 304 g/mol. The lowest BCUT2D eigenvalue weighted by Gasteiger charge is -2.09. The van der Waals surface area contributed by atoms with Crippen LogP contribution in [0.15, 0.2) is 53.4 Å². The maximum Gasteiger partial charge on any atom is 0.261 e. The van der Waals surface area contributed by atoms with Gasteiger partial charge in [0.15, 0.2) is 0 Å². The Labute approximate surface area is 126 Å². The zero-order valence-corrected chi connectivity index (χ0v) is 13.1. The molecule has 0 fully saturated rings. The first-order valence-corrected chi connectivity index (χ1v) is 8.32. The van der Waals surface area contributed by atoms with E-state index in [1.54, 1.807) is 36.4 Å². The Morgan fingerprint density at radius 2 is 1.57 bits per heavy atom. The Bertz CT molecular complexity index is 677. The van der Waals surface area contributed by atoms with Gasteiger partial charge in [0, 0.05) is 5.69 Å². The van der Waals surface area contributed by atoms with Crippen molar-refractivity contribution in [3.63, 3.8) is 0 Å². The Morgan fingerprint density at radius 3 is 2.14 bits per heavy atom. The van der Waals surface area contributed by atoms with Crippen LogP contribution < -0.4 is 10.0 Å². The highest BCUT2D eigenvalue weighted by Gasteiger charge is 2.13. The number of nitrogens with one attached hydrogen (secondary N) is 2. The Morgan fingerprint density at radius 1 is 0.952 bits per heavy atom. The van der Waals surface area contributed by atoms with Crippen molar-refractivity contribution >= 4 is 15.7 Å². The summed E-state index contributed by atoms with van der Waals surface area (Å²) in [6, 6.07) is 14.2. The first kappa shape index (κ1) is 15.5. The maximum absolute atomic E-state index is 12.2. The molecule has 0 saturated carbocycles. The summed E-state index contributed by atoms with van der Waals surface area (Å²) >= 11 is 0. The van der Waals surface area contributed by atoms with Gasteiger partial charge in [-0.3, -0.25) is 4.72 Å². The number of sulfonamides is 1. The fourth-order valence-corrected chi connectivity index (χ4v) is 3.00. The molecule has 0 spiro atoms. The molecule has 0 bridgehead atoms. The second-order valence-electron chi connectivity index (χ2n) is 4.97. The van der Waals surface area contributed by atoms with Gasteiger partial charge in [-0.15, -0.1) is 0 Å². The van der Waals surface area contributed by atoms with Crippen LogP contribution in [0.25, 0.3) is 0 Å². The number of hydrogen-bond acceptors (Lipinski definition) is 3.